The summed E-state index contributed by atoms with van der Waals surface area (Å²) in [5.74, 6) is -1.56. The van der Waals surface area contributed by atoms with Crippen molar-refractivity contribution in [2.24, 2.45) is 5.92 Å². The predicted molar refractivity (Wildman–Crippen MR) is 58.8 cm³/mol. The minimum absolute atomic E-state index is 0.00977. The van der Waals surface area contributed by atoms with E-state index in [1.165, 1.54) is 0 Å². The lowest BCUT2D eigenvalue weighted by atomic mass is 9.99. The van der Waals surface area contributed by atoms with E-state index < -0.39 is 12.0 Å². The number of alkyl halides is 3. The van der Waals surface area contributed by atoms with Crippen molar-refractivity contribution in [2.75, 3.05) is 13.1 Å². The lowest BCUT2D eigenvalue weighted by Gasteiger charge is -2.21. The zero-order chi connectivity index (χ0) is 13.9. The molecular weight excluding hydrogens is 263 g/mol. The molecule has 1 aromatic rings. The third-order valence-corrected chi connectivity index (χ3v) is 2.88. The van der Waals surface area contributed by atoms with Crippen LogP contribution in [0.2, 0.25) is 0 Å². The largest absolute Gasteiger partial charge is 0.453 e. The van der Waals surface area contributed by atoms with Crippen LogP contribution in [0.1, 0.15) is 24.5 Å². The van der Waals surface area contributed by atoms with Crippen LogP contribution in [0.4, 0.5) is 13.2 Å². The SMILES string of the molecule is O=C(NCc1nc(C(F)(F)F)n[nH]1)[C@@H]1CCCNC1. The number of H-pyrrole nitrogens is 1. The summed E-state index contributed by atoms with van der Waals surface area (Å²) in [6.45, 7) is 1.40. The first-order valence-electron chi connectivity index (χ1n) is 5.93. The Morgan fingerprint density at radius 1 is 1.47 bits per heavy atom. The molecular formula is C10H14F3N5O. The van der Waals surface area contributed by atoms with Crippen molar-refractivity contribution in [1.29, 1.82) is 0 Å². The maximum Gasteiger partial charge on any atom is 0.453 e. The Kier molecular flexibility index (Phi) is 4.03. The Morgan fingerprint density at radius 2 is 2.26 bits per heavy atom. The fraction of sp³-hybridized carbons (Fsp3) is 0.700. The molecule has 0 radical (unpaired) electrons. The molecule has 0 aliphatic carbocycles. The van der Waals surface area contributed by atoms with Crippen molar-refractivity contribution in [1.82, 2.24) is 25.8 Å². The van der Waals surface area contributed by atoms with Gasteiger partial charge in [0.05, 0.1) is 12.5 Å². The van der Waals surface area contributed by atoms with Gasteiger partial charge < -0.3 is 10.6 Å². The highest BCUT2D eigenvalue weighted by atomic mass is 19.4. The Morgan fingerprint density at radius 3 is 2.84 bits per heavy atom. The molecule has 0 unspecified atom stereocenters. The van der Waals surface area contributed by atoms with E-state index in [0.29, 0.717) is 6.54 Å². The van der Waals surface area contributed by atoms with Gasteiger partial charge in [0.2, 0.25) is 5.91 Å². The van der Waals surface area contributed by atoms with E-state index in [1.807, 2.05) is 0 Å². The first-order chi connectivity index (χ1) is 8.97. The van der Waals surface area contributed by atoms with Crippen LogP contribution in [0.3, 0.4) is 0 Å². The van der Waals surface area contributed by atoms with Crippen molar-refractivity contribution in [3.05, 3.63) is 11.6 Å². The maximum atomic E-state index is 12.3. The van der Waals surface area contributed by atoms with Crippen LogP contribution in [0, 0.1) is 5.92 Å². The normalized spacial score (nSPS) is 20.3. The molecule has 1 aliphatic heterocycles. The summed E-state index contributed by atoms with van der Waals surface area (Å²) in [6.07, 6.45) is -2.88. The van der Waals surface area contributed by atoms with Crippen molar-refractivity contribution >= 4 is 5.91 Å². The minimum atomic E-state index is -4.58. The molecule has 0 saturated carbocycles. The van der Waals surface area contributed by atoms with E-state index in [9.17, 15) is 18.0 Å². The highest BCUT2D eigenvalue weighted by molar-refractivity contribution is 5.78. The highest BCUT2D eigenvalue weighted by Crippen LogP contribution is 2.25. The van der Waals surface area contributed by atoms with Crippen LogP contribution in [-0.4, -0.2) is 34.2 Å². The van der Waals surface area contributed by atoms with Crippen molar-refractivity contribution in [3.63, 3.8) is 0 Å². The van der Waals surface area contributed by atoms with E-state index in [-0.39, 0.29) is 24.2 Å². The summed E-state index contributed by atoms with van der Waals surface area (Å²) in [7, 11) is 0. The first-order valence-corrected chi connectivity index (χ1v) is 5.93. The number of aromatic nitrogens is 3. The van der Waals surface area contributed by atoms with Gasteiger partial charge in [-0.15, -0.1) is 5.10 Å². The number of hydrogen-bond acceptors (Lipinski definition) is 4. The smallest absolute Gasteiger partial charge is 0.349 e. The Labute approximate surface area is 107 Å². The fourth-order valence-electron chi connectivity index (χ4n) is 1.89. The third-order valence-electron chi connectivity index (χ3n) is 2.88. The molecule has 0 aromatic carbocycles. The molecule has 19 heavy (non-hydrogen) atoms. The van der Waals surface area contributed by atoms with E-state index >= 15 is 0 Å². The molecule has 0 spiro atoms. The number of carbonyl (C=O) groups excluding carboxylic acids is 1. The molecule has 9 heteroatoms. The maximum absolute atomic E-state index is 12.3. The molecule has 1 aromatic heterocycles. The van der Waals surface area contributed by atoms with Crippen LogP contribution in [0.15, 0.2) is 0 Å². The van der Waals surface area contributed by atoms with Crippen LogP contribution in [0.25, 0.3) is 0 Å². The van der Waals surface area contributed by atoms with Crippen LogP contribution in [-0.2, 0) is 17.5 Å². The average molecular weight is 277 g/mol. The number of nitrogens with one attached hydrogen (secondary N) is 3. The minimum Gasteiger partial charge on any atom is -0.349 e. The van der Waals surface area contributed by atoms with Crippen molar-refractivity contribution in [3.8, 4) is 0 Å². The average Bonchev–Trinajstić information content (AvgIpc) is 2.86. The quantitative estimate of drug-likeness (QED) is 0.748. The van der Waals surface area contributed by atoms with Crippen LogP contribution in [0.5, 0.6) is 0 Å². The Balaban J connectivity index is 1.85. The summed E-state index contributed by atoms with van der Waals surface area (Å²) in [4.78, 5) is 15.0. The van der Waals surface area contributed by atoms with Crippen molar-refractivity contribution in [2.45, 2.75) is 25.6 Å². The summed E-state index contributed by atoms with van der Waals surface area (Å²) >= 11 is 0. The Hall–Kier alpha value is -1.64. The van der Waals surface area contributed by atoms with Gasteiger partial charge in [-0.2, -0.15) is 13.2 Å². The topological polar surface area (TPSA) is 82.7 Å². The predicted octanol–water partition coefficient (Wildman–Crippen LogP) is 0.439. The summed E-state index contributed by atoms with van der Waals surface area (Å²) in [5.41, 5.74) is 0. The van der Waals surface area contributed by atoms with Gasteiger partial charge in [-0.25, -0.2) is 4.98 Å². The van der Waals surface area contributed by atoms with Gasteiger partial charge in [-0.1, -0.05) is 0 Å². The monoisotopic (exact) mass is 277 g/mol. The van der Waals surface area contributed by atoms with Gasteiger partial charge in [0.15, 0.2) is 0 Å². The number of halogens is 3. The lowest BCUT2D eigenvalue weighted by Crippen LogP contribution is -2.40. The summed E-state index contributed by atoms with van der Waals surface area (Å²) in [5, 5.41) is 10.9. The Bertz CT molecular complexity index is 439. The van der Waals surface area contributed by atoms with E-state index in [0.717, 1.165) is 19.4 Å². The molecule has 1 aliphatic rings. The molecule has 3 N–H and O–H groups in total. The lowest BCUT2D eigenvalue weighted by molar-refractivity contribution is -0.144. The van der Waals surface area contributed by atoms with Crippen LogP contribution < -0.4 is 10.6 Å². The van der Waals surface area contributed by atoms with Gasteiger partial charge >= 0.3 is 6.18 Å². The number of rotatable bonds is 3. The second-order valence-electron chi connectivity index (χ2n) is 4.36. The molecule has 2 heterocycles. The number of carbonyl (C=O) groups is 1. The van der Waals surface area contributed by atoms with Gasteiger partial charge in [0.1, 0.15) is 5.82 Å². The summed E-state index contributed by atoms with van der Waals surface area (Å²) in [6, 6.07) is 0. The molecule has 1 fully saturated rings. The van der Waals surface area contributed by atoms with Crippen LogP contribution >= 0.6 is 0 Å². The first kappa shape index (κ1) is 13.8. The molecule has 2 rings (SSSR count). The standard InChI is InChI=1S/C10H14F3N5O/c11-10(12,13)9-16-7(17-18-9)5-15-8(19)6-2-1-3-14-4-6/h6,14H,1-5H2,(H,15,19)(H,16,17,18)/t6-/m1/s1. The van der Waals surface area contributed by atoms with E-state index in [1.54, 1.807) is 0 Å². The number of aromatic amines is 1. The number of piperidine rings is 1. The number of nitrogens with zero attached hydrogens (tertiary/aromatic N) is 2. The van der Waals surface area contributed by atoms with Gasteiger partial charge in [-0.3, -0.25) is 9.89 Å². The van der Waals surface area contributed by atoms with Gasteiger partial charge in [0.25, 0.3) is 5.82 Å². The molecule has 6 nitrogen and oxygen atoms in total. The molecule has 1 atom stereocenters. The zero-order valence-electron chi connectivity index (χ0n) is 10.0. The fourth-order valence-corrected chi connectivity index (χ4v) is 1.89. The van der Waals surface area contributed by atoms with Gasteiger partial charge in [-0.05, 0) is 19.4 Å². The number of amides is 1. The summed E-state index contributed by atoms with van der Waals surface area (Å²) < 4.78 is 36.8. The van der Waals surface area contributed by atoms with E-state index in [2.05, 4.69) is 25.8 Å². The molecule has 1 amide bonds. The second kappa shape index (κ2) is 5.55. The third kappa shape index (κ3) is 3.66. The zero-order valence-corrected chi connectivity index (χ0v) is 10.0. The molecule has 0 bridgehead atoms. The van der Waals surface area contributed by atoms with Gasteiger partial charge in [0, 0.05) is 6.54 Å². The van der Waals surface area contributed by atoms with E-state index in [4.69, 9.17) is 0 Å². The second-order valence-corrected chi connectivity index (χ2v) is 4.36. The molecule has 106 valence electrons. The number of hydrogen-bond donors (Lipinski definition) is 3. The van der Waals surface area contributed by atoms with Crippen molar-refractivity contribution < 1.29 is 18.0 Å². The molecule has 1 saturated heterocycles. The highest BCUT2D eigenvalue weighted by Gasteiger charge is 2.36.